The summed E-state index contributed by atoms with van der Waals surface area (Å²) in [5.74, 6) is -0.882. The summed E-state index contributed by atoms with van der Waals surface area (Å²) in [5, 5.41) is 0. The molecule has 0 rings (SSSR count). The van der Waals surface area contributed by atoms with Crippen molar-refractivity contribution < 1.29 is 28.6 Å². The molecule has 0 aromatic rings. The van der Waals surface area contributed by atoms with Gasteiger partial charge < -0.3 is 14.2 Å². The first-order chi connectivity index (χ1) is 38.0. The Morgan fingerprint density at radius 3 is 0.844 bits per heavy atom. The van der Waals surface area contributed by atoms with Crippen molar-refractivity contribution in [2.24, 2.45) is 0 Å². The van der Waals surface area contributed by atoms with E-state index in [1.807, 2.05) is 0 Å². The van der Waals surface area contributed by atoms with Crippen LogP contribution in [-0.2, 0) is 28.6 Å². The summed E-state index contributed by atoms with van der Waals surface area (Å²) in [4.78, 5) is 38.3. The van der Waals surface area contributed by atoms with Gasteiger partial charge in [0, 0.05) is 19.3 Å². The molecule has 0 amide bonds. The van der Waals surface area contributed by atoms with Crippen molar-refractivity contribution in [2.45, 2.75) is 335 Å². The minimum Gasteiger partial charge on any atom is -0.462 e. The fourth-order valence-corrected chi connectivity index (χ4v) is 9.39. The van der Waals surface area contributed by atoms with Crippen LogP contribution in [-0.4, -0.2) is 37.2 Å². The average Bonchev–Trinajstić information content (AvgIpc) is 3.43. The minimum atomic E-state index is -0.783. The second-order valence-electron chi connectivity index (χ2n) is 22.0. The predicted molar refractivity (Wildman–Crippen MR) is 334 cm³/mol. The molecular weight excluding hydrogens is 949 g/mol. The van der Waals surface area contributed by atoms with Crippen LogP contribution in [0.25, 0.3) is 0 Å². The normalized spacial score (nSPS) is 12.6. The molecule has 0 saturated carbocycles. The highest BCUT2D eigenvalue weighted by Gasteiger charge is 2.19. The van der Waals surface area contributed by atoms with Crippen molar-refractivity contribution in [3.63, 3.8) is 0 Å². The highest BCUT2D eigenvalue weighted by atomic mass is 16.6. The molecule has 0 saturated heterocycles. The van der Waals surface area contributed by atoms with E-state index in [-0.39, 0.29) is 31.1 Å². The van der Waals surface area contributed by atoms with Gasteiger partial charge in [-0.05, 0) is 109 Å². The molecule has 1 atom stereocenters. The zero-order chi connectivity index (χ0) is 55.7. The van der Waals surface area contributed by atoms with Crippen LogP contribution in [0.2, 0.25) is 0 Å². The van der Waals surface area contributed by atoms with E-state index < -0.39 is 6.10 Å². The fraction of sp³-hybridized carbons (Fsp3) is 0.761. The highest BCUT2D eigenvalue weighted by molar-refractivity contribution is 5.71. The lowest BCUT2D eigenvalue weighted by atomic mass is 10.0. The van der Waals surface area contributed by atoms with E-state index in [0.29, 0.717) is 19.3 Å². The van der Waals surface area contributed by atoms with Crippen LogP contribution >= 0.6 is 0 Å². The summed E-state index contributed by atoms with van der Waals surface area (Å²) >= 11 is 0. The Labute approximate surface area is 477 Å². The number of carbonyl (C=O) groups is 3. The number of ether oxygens (including phenoxy) is 3. The largest absolute Gasteiger partial charge is 0.462 e. The van der Waals surface area contributed by atoms with Crippen LogP contribution < -0.4 is 0 Å². The van der Waals surface area contributed by atoms with Crippen LogP contribution in [0.5, 0.6) is 0 Å². The maximum Gasteiger partial charge on any atom is 0.306 e. The van der Waals surface area contributed by atoms with Crippen molar-refractivity contribution in [1.29, 1.82) is 0 Å². The summed E-state index contributed by atoms with van der Waals surface area (Å²) in [6.07, 6.45) is 86.0. The topological polar surface area (TPSA) is 78.9 Å². The summed E-state index contributed by atoms with van der Waals surface area (Å²) in [6, 6.07) is 0. The molecule has 1 unspecified atom stereocenters. The third-order valence-electron chi connectivity index (χ3n) is 14.4. The van der Waals surface area contributed by atoms with Gasteiger partial charge in [0.1, 0.15) is 13.2 Å². The number of allylic oxidation sites excluding steroid dienone is 14. The molecule has 0 aromatic heterocycles. The van der Waals surface area contributed by atoms with Crippen molar-refractivity contribution in [1.82, 2.24) is 0 Å². The number of carbonyl (C=O) groups excluding carboxylic acids is 3. The van der Waals surface area contributed by atoms with Gasteiger partial charge in [-0.15, -0.1) is 0 Å². The molecule has 77 heavy (non-hydrogen) atoms. The zero-order valence-corrected chi connectivity index (χ0v) is 51.0. The number of rotatable bonds is 60. The standard InChI is InChI=1S/C71H124O6/c1-4-7-10-13-16-19-22-24-26-28-30-32-34-35-37-38-40-42-44-46-49-52-55-58-61-64-70(73)76-67-68(66-75-69(72)63-60-57-54-51-48-21-18-15-12-9-6-3)77-71(74)65-62-59-56-53-50-47-45-43-41-39-36-33-31-29-27-25-23-20-17-14-11-8-5-2/h8,11,15,17-18,20,22,24-25,27-28,30-31,33,68H,4-7,9-10,12-14,16,19,21,23,26,29,32,34-67H2,1-3H3/b11-8-,18-15-,20-17-,24-22-,27-25-,30-28-,33-31-. The van der Waals surface area contributed by atoms with Gasteiger partial charge in [-0.3, -0.25) is 14.4 Å². The smallest absolute Gasteiger partial charge is 0.306 e. The second kappa shape index (κ2) is 65.1. The first-order valence-corrected chi connectivity index (χ1v) is 33.1. The molecule has 0 spiro atoms. The monoisotopic (exact) mass is 1070 g/mol. The van der Waals surface area contributed by atoms with Gasteiger partial charge >= 0.3 is 17.9 Å². The highest BCUT2D eigenvalue weighted by Crippen LogP contribution is 2.17. The van der Waals surface area contributed by atoms with E-state index in [4.69, 9.17) is 14.2 Å². The maximum absolute atomic E-state index is 12.9. The van der Waals surface area contributed by atoms with Crippen molar-refractivity contribution in [2.75, 3.05) is 13.2 Å². The second-order valence-corrected chi connectivity index (χ2v) is 22.0. The minimum absolute atomic E-state index is 0.0794. The van der Waals surface area contributed by atoms with E-state index in [0.717, 1.165) is 96.3 Å². The Morgan fingerprint density at radius 2 is 0.519 bits per heavy atom. The average molecular weight is 1070 g/mol. The first-order valence-electron chi connectivity index (χ1n) is 33.1. The summed E-state index contributed by atoms with van der Waals surface area (Å²) in [6.45, 7) is 6.50. The number of unbranched alkanes of at least 4 members (excludes halogenated alkanes) is 35. The van der Waals surface area contributed by atoms with Crippen LogP contribution in [0, 0.1) is 0 Å². The van der Waals surface area contributed by atoms with E-state index in [1.54, 1.807) is 0 Å². The van der Waals surface area contributed by atoms with Gasteiger partial charge in [0.05, 0.1) is 0 Å². The lowest BCUT2D eigenvalue weighted by Crippen LogP contribution is -2.30. The zero-order valence-electron chi connectivity index (χ0n) is 51.0. The van der Waals surface area contributed by atoms with E-state index in [1.165, 1.54) is 193 Å². The molecule has 0 heterocycles. The number of hydrogen-bond donors (Lipinski definition) is 0. The first kappa shape index (κ1) is 73.6. The maximum atomic E-state index is 12.9. The van der Waals surface area contributed by atoms with Gasteiger partial charge in [0.25, 0.3) is 0 Å². The number of esters is 3. The van der Waals surface area contributed by atoms with E-state index in [9.17, 15) is 14.4 Å². The summed E-state index contributed by atoms with van der Waals surface area (Å²) in [7, 11) is 0. The third kappa shape index (κ3) is 63.3. The third-order valence-corrected chi connectivity index (χ3v) is 14.4. The predicted octanol–water partition coefficient (Wildman–Crippen LogP) is 22.7. The Morgan fingerprint density at radius 1 is 0.273 bits per heavy atom. The van der Waals surface area contributed by atoms with Crippen molar-refractivity contribution in [3.8, 4) is 0 Å². The van der Waals surface area contributed by atoms with Gasteiger partial charge in [-0.25, -0.2) is 0 Å². The van der Waals surface area contributed by atoms with Gasteiger partial charge in [0.15, 0.2) is 6.10 Å². The molecule has 0 aliphatic heterocycles. The summed E-state index contributed by atoms with van der Waals surface area (Å²) in [5.41, 5.74) is 0. The quantitative estimate of drug-likeness (QED) is 0.0261. The van der Waals surface area contributed by atoms with Crippen molar-refractivity contribution in [3.05, 3.63) is 85.1 Å². The molecule has 0 N–H and O–H groups in total. The Hall–Kier alpha value is -3.41. The SMILES string of the molecule is CC/C=C\C/C=C\C/C=C\C/C=C\CCCCCCCCCCCCC(=O)OC(COC(=O)CCCCCCC/C=C\CCCC)COC(=O)CCCCCCCCCCCCCCC/C=C\C/C=C\CCCCCCC. The molecule has 0 aromatic carbocycles. The fourth-order valence-electron chi connectivity index (χ4n) is 9.39. The Bertz CT molecular complexity index is 1470. The molecule has 0 bridgehead atoms. The van der Waals surface area contributed by atoms with Crippen LogP contribution in [0.4, 0.5) is 0 Å². The summed E-state index contributed by atoms with van der Waals surface area (Å²) < 4.78 is 16.9. The van der Waals surface area contributed by atoms with Crippen LogP contribution in [0.3, 0.4) is 0 Å². The van der Waals surface area contributed by atoms with Crippen LogP contribution in [0.1, 0.15) is 329 Å². The molecule has 444 valence electrons. The number of hydrogen-bond acceptors (Lipinski definition) is 6. The lowest BCUT2D eigenvalue weighted by Gasteiger charge is -2.18. The molecule has 6 nitrogen and oxygen atoms in total. The molecule has 6 heteroatoms. The van der Waals surface area contributed by atoms with E-state index >= 15 is 0 Å². The van der Waals surface area contributed by atoms with Gasteiger partial charge in [0.2, 0.25) is 0 Å². The lowest BCUT2D eigenvalue weighted by molar-refractivity contribution is -0.167. The molecule has 0 fully saturated rings. The van der Waals surface area contributed by atoms with Gasteiger partial charge in [-0.1, -0.05) is 286 Å². The van der Waals surface area contributed by atoms with Crippen molar-refractivity contribution >= 4 is 17.9 Å². The molecule has 0 radical (unpaired) electrons. The Kier molecular flexibility index (Phi) is 62.2. The Balaban J connectivity index is 4.25. The van der Waals surface area contributed by atoms with E-state index in [2.05, 4.69) is 106 Å². The molecule has 0 aliphatic rings. The van der Waals surface area contributed by atoms with Gasteiger partial charge in [-0.2, -0.15) is 0 Å². The molecule has 0 aliphatic carbocycles. The molecular formula is C71H124O6. The van der Waals surface area contributed by atoms with Crippen LogP contribution in [0.15, 0.2) is 85.1 Å².